The van der Waals surface area contributed by atoms with Crippen LogP contribution in [0.1, 0.15) is 59.8 Å². The van der Waals surface area contributed by atoms with E-state index in [4.69, 9.17) is 9.16 Å². The topological polar surface area (TPSA) is 68.7 Å². The van der Waals surface area contributed by atoms with Crippen molar-refractivity contribution in [2.45, 2.75) is 65.7 Å². The maximum Gasteiger partial charge on any atom is 0.354 e. The van der Waals surface area contributed by atoms with Gasteiger partial charge in [-0.15, -0.1) is 11.3 Å². The number of aromatic carboxylic acids is 1. The van der Waals surface area contributed by atoms with Gasteiger partial charge < -0.3 is 14.3 Å². The molecular weight excluding hydrogens is 390 g/mol. The lowest BCUT2D eigenvalue weighted by atomic mass is 9.82. The number of hydrogen-bond donors (Lipinski definition) is 1. The Morgan fingerprint density at radius 2 is 2.11 bits per heavy atom. The molecule has 0 fully saturated rings. The summed E-state index contributed by atoms with van der Waals surface area (Å²) < 4.78 is 12.2. The average molecular weight is 420 g/mol. The quantitative estimate of drug-likeness (QED) is 0.705. The van der Waals surface area contributed by atoms with Gasteiger partial charge in [0.1, 0.15) is 5.69 Å². The molecule has 0 spiro atoms. The summed E-state index contributed by atoms with van der Waals surface area (Å²) in [6.45, 7) is 13.3. The highest BCUT2D eigenvalue weighted by Gasteiger charge is 2.33. The van der Waals surface area contributed by atoms with Crippen molar-refractivity contribution in [2.24, 2.45) is 0 Å². The van der Waals surface area contributed by atoms with Crippen LogP contribution in [0.2, 0.25) is 13.1 Å². The Balaban J connectivity index is 2.34. The third kappa shape index (κ3) is 4.02. The zero-order valence-electron chi connectivity index (χ0n) is 17.5. The number of carboxylic acids is 1. The van der Waals surface area contributed by atoms with E-state index in [9.17, 15) is 9.90 Å². The molecule has 152 valence electrons. The third-order valence-electron chi connectivity index (χ3n) is 4.81. The summed E-state index contributed by atoms with van der Waals surface area (Å²) >= 11 is 1.69. The first-order valence-corrected chi connectivity index (χ1v) is 13.4. The highest BCUT2D eigenvalue weighted by Crippen LogP contribution is 2.45. The fourth-order valence-electron chi connectivity index (χ4n) is 3.59. The lowest BCUT2D eigenvalue weighted by molar-refractivity contribution is 0.0687. The van der Waals surface area contributed by atoms with Gasteiger partial charge >= 0.3 is 5.97 Å². The molecule has 1 aliphatic rings. The number of nitrogens with zero attached hydrogens (tertiary/aromatic N) is 1. The molecule has 28 heavy (non-hydrogen) atoms. The molecule has 0 radical (unpaired) electrons. The lowest BCUT2D eigenvalue weighted by Gasteiger charge is -2.27. The first-order valence-electron chi connectivity index (χ1n) is 9.80. The van der Waals surface area contributed by atoms with Gasteiger partial charge in [0.25, 0.3) is 0 Å². The van der Waals surface area contributed by atoms with Gasteiger partial charge in [-0.25, -0.2) is 9.78 Å². The molecule has 0 saturated carbocycles. The standard InChI is InChI=1S/C21H29NO4SSi/c1-7-13-10-12-8-9-25-18-14(11-26-28(5)6)15(21(2,3)4)16(20(23)24)22-17(18)19(12)27-13/h10,28H,7-9,11H2,1-6H3,(H,23,24). The van der Waals surface area contributed by atoms with E-state index in [1.54, 1.807) is 11.3 Å². The highest BCUT2D eigenvalue weighted by molar-refractivity contribution is 7.15. The molecule has 0 unspecified atom stereocenters. The Morgan fingerprint density at radius 3 is 2.68 bits per heavy atom. The van der Waals surface area contributed by atoms with Crippen LogP contribution in [0.5, 0.6) is 5.75 Å². The number of thiophene rings is 1. The van der Waals surface area contributed by atoms with Gasteiger partial charge in [-0.1, -0.05) is 27.7 Å². The number of carboxylic acid groups (broad SMARTS) is 1. The van der Waals surface area contributed by atoms with Crippen LogP contribution >= 0.6 is 11.3 Å². The van der Waals surface area contributed by atoms with Crippen LogP contribution in [-0.4, -0.2) is 31.7 Å². The number of pyridine rings is 1. The second-order valence-corrected chi connectivity index (χ2v) is 12.0. The Bertz CT molecular complexity index is 899. The number of hydrogen-bond acceptors (Lipinski definition) is 5. The van der Waals surface area contributed by atoms with Crippen LogP contribution < -0.4 is 4.74 Å². The Hall–Kier alpha value is -1.70. The van der Waals surface area contributed by atoms with Crippen molar-refractivity contribution in [3.8, 4) is 16.3 Å². The zero-order chi connectivity index (χ0) is 20.6. The largest absolute Gasteiger partial charge is 0.491 e. The van der Waals surface area contributed by atoms with E-state index in [2.05, 4.69) is 31.1 Å². The number of carbonyl (C=O) groups is 1. The van der Waals surface area contributed by atoms with Crippen molar-refractivity contribution in [2.75, 3.05) is 6.61 Å². The van der Waals surface area contributed by atoms with Gasteiger partial charge in [0.05, 0.1) is 18.1 Å². The lowest BCUT2D eigenvalue weighted by Crippen LogP contribution is -2.24. The summed E-state index contributed by atoms with van der Waals surface area (Å²) in [5.74, 6) is -0.304. The van der Waals surface area contributed by atoms with Gasteiger partial charge in [-0.2, -0.15) is 0 Å². The number of rotatable bonds is 5. The van der Waals surface area contributed by atoms with Gasteiger partial charge in [0.15, 0.2) is 20.5 Å². The molecule has 5 nitrogen and oxygen atoms in total. The van der Waals surface area contributed by atoms with Gasteiger partial charge in [-0.05, 0) is 42.1 Å². The molecule has 3 rings (SSSR count). The van der Waals surface area contributed by atoms with Crippen molar-refractivity contribution in [1.29, 1.82) is 0 Å². The van der Waals surface area contributed by atoms with Gasteiger partial charge in [-0.3, -0.25) is 0 Å². The molecule has 0 aliphatic carbocycles. The maximum absolute atomic E-state index is 12.2. The maximum atomic E-state index is 12.2. The van der Waals surface area contributed by atoms with Crippen LogP contribution in [0, 0.1) is 0 Å². The first-order chi connectivity index (χ1) is 13.1. The van der Waals surface area contributed by atoms with E-state index < -0.39 is 20.4 Å². The molecular formula is C21H29NO4SSi. The van der Waals surface area contributed by atoms with E-state index in [0.717, 1.165) is 23.3 Å². The van der Waals surface area contributed by atoms with E-state index in [-0.39, 0.29) is 5.69 Å². The van der Waals surface area contributed by atoms with E-state index in [1.165, 1.54) is 10.4 Å². The first kappa shape index (κ1) is 21.0. The molecule has 0 atom stereocenters. The van der Waals surface area contributed by atoms with Crippen LogP contribution in [0.4, 0.5) is 0 Å². The molecule has 3 heterocycles. The second-order valence-electron chi connectivity index (χ2n) is 8.43. The molecule has 1 aliphatic heterocycles. The molecule has 0 aromatic carbocycles. The monoisotopic (exact) mass is 419 g/mol. The van der Waals surface area contributed by atoms with Crippen molar-refractivity contribution < 1.29 is 19.1 Å². The van der Waals surface area contributed by atoms with E-state index in [0.29, 0.717) is 30.2 Å². The molecule has 7 heteroatoms. The van der Waals surface area contributed by atoms with Gasteiger partial charge in [0.2, 0.25) is 0 Å². The van der Waals surface area contributed by atoms with Crippen LogP contribution in [-0.2, 0) is 29.3 Å². The predicted octanol–water partition coefficient (Wildman–Crippen LogP) is 4.80. The molecule has 1 N–H and O–H groups in total. The summed E-state index contributed by atoms with van der Waals surface area (Å²) in [7, 11) is -1.29. The third-order valence-corrected chi connectivity index (χ3v) is 6.97. The van der Waals surface area contributed by atoms with Crippen molar-refractivity contribution in [1.82, 2.24) is 4.98 Å². The summed E-state index contributed by atoms with van der Waals surface area (Å²) in [6, 6.07) is 2.20. The van der Waals surface area contributed by atoms with Crippen molar-refractivity contribution >= 4 is 26.3 Å². The summed E-state index contributed by atoms with van der Waals surface area (Å²) in [6.07, 6.45) is 1.75. The summed E-state index contributed by atoms with van der Waals surface area (Å²) in [4.78, 5) is 19.1. The van der Waals surface area contributed by atoms with Crippen LogP contribution in [0.15, 0.2) is 6.07 Å². The van der Waals surface area contributed by atoms with E-state index >= 15 is 0 Å². The molecule has 0 amide bonds. The fraction of sp³-hybridized carbons (Fsp3) is 0.524. The van der Waals surface area contributed by atoms with Crippen LogP contribution in [0.3, 0.4) is 0 Å². The fourth-order valence-corrected chi connectivity index (χ4v) is 5.22. The average Bonchev–Trinajstić information content (AvgIpc) is 2.94. The molecule has 0 bridgehead atoms. The molecule has 2 aromatic heterocycles. The normalized spacial score (nSPS) is 13.7. The summed E-state index contributed by atoms with van der Waals surface area (Å²) in [5.41, 5.74) is 3.12. The Kier molecular flexibility index (Phi) is 5.98. The van der Waals surface area contributed by atoms with Gasteiger partial charge in [0, 0.05) is 16.9 Å². The Morgan fingerprint density at radius 1 is 1.39 bits per heavy atom. The number of aromatic nitrogens is 1. The van der Waals surface area contributed by atoms with Crippen molar-refractivity contribution in [3.05, 3.63) is 33.3 Å². The minimum atomic E-state index is -1.29. The number of fused-ring (bicyclic) bond motifs is 3. The minimum Gasteiger partial charge on any atom is -0.491 e. The predicted molar refractivity (Wildman–Crippen MR) is 115 cm³/mol. The van der Waals surface area contributed by atoms with Crippen molar-refractivity contribution in [3.63, 3.8) is 0 Å². The minimum absolute atomic E-state index is 0.109. The number of ether oxygens (including phenoxy) is 1. The zero-order valence-corrected chi connectivity index (χ0v) is 19.5. The highest BCUT2D eigenvalue weighted by atomic mass is 32.1. The number of aryl methyl sites for hydroxylation is 1. The SMILES string of the molecule is CCc1cc2c(s1)-c1nc(C(=O)O)c(C(C)(C)C)c(CO[SiH](C)C)c1OCC2. The molecule has 0 saturated heterocycles. The summed E-state index contributed by atoms with van der Waals surface area (Å²) in [5, 5.41) is 9.97. The second kappa shape index (κ2) is 7.97. The van der Waals surface area contributed by atoms with Crippen LogP contribution in [0.25, 0.3) is 10.6 Å². The van der Waals surface area contributed by atoms with E-state index in [1.807, 2.05) is 20.8 Å². The Labute approximate surface area is 172 Å². The smallest absolute Gasteiger partial charge is 0.354 e. The molecule has 2 aromatic rings.